The molecule has 136 valence electrons. The number of hydrogen-bond donors (Lipinski definition) is 2. The highest BCUT2D eigenvalue weighted by atomic mass is 32.2. The second-order valence-corrected chi connectivity index (χ2v) is 8.20. The Morgan fingerprint density at radius 2 is 1.92 bits per heavy atom. The lowest BCUT2D eigenvalue weighted by molar-refractivity contribution is 0.126. The van der Waals surface area contributed by atoms with E-state index in [1.165, 1.54) is 28.7 Å². The Labute approximate surface area is 161 Å². The number of hydrogen-bond acceptors (Lipinski definition) is 7. The van der Waals surface area contributed by atoms with E-state index < -0.39 is 6.10 Å². The fourth-order valence-corrected chi connectivity index (χ4v) is 3.90. The first-order valence-electron chi connectivity index (χ1n) is 8.26. The minimum Gasteiger partial charge on any atom is -0.491 e. The molecule has 0 fully saturated rings. The molecule has 5 nitrogen and oxygen atoms in total. The predicted octanol–water partition coefficient (Wildman–Crippen LogP) is 4.43. The summed E-state index contributed by atoms with van der Waals surface area (Å²) >= 11 is 2.94. The summed E-state index contributed by atoms with van der Waals surface area (Å²) in [6.45, 7) is 4.32. The Kier molecular flexibility index (Phi) is 6.49. The lowest BCUT2D eigenvalue weighted by atomic mass is 10.2. The van der Waals surface area contributed by atoms with E-state index >= 15 is 0 Å². The van der Waals surface area contributed by atoms with Crippen molar-refractivity contribution in [2.24, 2.45) is 0 Å². The normalized spacial score (nSPS) is 12.0. The van der Waals surface area contributed by atoms with E-state index in [2.05, 4.69) is 22.4 Å². The average Bonchev–Trinajstić information content (AvgIpc) is 3.08. The highest BCUT2D eigenvalue weighted by Gasteiger charge is 2.10. The van der Waals surface area contributed by atoms with Crippen LogP contribution < -0.4 is 10.1 Å². The van der Waals surface area contributed by atoms with Gasteiger partial charge in [-0.25, -0.2) is 0 Å². The van der Waals surface area contributed by atoms with Gasteiger partial charge in [0.25, 0.3) is 0 Å². The first-order valence-corrected chi connectivity index (χ1v) is 10.1. The van der Waals surface area contributed by atoms with Crippen molar-refractivity contribution in [1.29, 1.82) is 0 Å². The Morgan fingerprint density at radius 1 is 1.12 bits per heavy atom. The molecular weight excluding hydrogens is 366 g/mol. The number of benzene rings is 2. The van der Waals surface area contributed by atoms with Gasteiger partial charge in [0.2, 0.25) is 5.13 Å². The van der Waals surface area contributed by atoms with Crippen LogP contribution in [0.4, 0.5) is 10.8 Å². The summed E-state index contributed by atoms with van der Waals surface area (Å²) < 4.78 is 6.44. The Morgan fingerprint density at radius 3 is 2.69 bits per heavy atom. The van der Waals surface area contributed by atoms with Crippen molar-refractivity contribution < 1.29 is 9.84 Å². The van der Waals surface area contributed by atoms with E-state index in [0.29, 0.717) is 5.75 Å². The molecule has 0 bridgehead atoms. The molecule has 2 aromatic carbocycles. The molecule has 1 atom stereocenters. The third-order valence-electron chi connectivity index (χ3n) is 3.54. The van der Waals surface area contributed by atoms with Crippen LogP contribution in [0.5, 0.6) is 5.75 Å². The summed E-state index contributed by atoms with van der Waals surface area (Å²) in [7, 11) is 0. The predicted molar refractivity (Wildman–Crippen MR) is 108 cm³/mol. The zero-order valence-electron chi connectivity index (χ0n) is 14.7. The number of aliphatic hydroxyl groups excluding tert-OH is 1. The number of anilines is 2. The summed E-state index contributed by atoms with van der Waals surface area (Å²) in [6, 6.07) is 15.9. The molecule has 1 aromatic heterocycles. The van der Waals surface area contributed by atoms with Gasteiger partial charge >= 0.3 is 0 Å². The number of aromatic nitrogens is 2. The minimum atomic E-state index is -0.571. The number of rotatable bonds is 8. The molecule has 0 spiro atoms. The van der Waals surface area contributed by atoms with Crippen LogP contribution in [0.25, 0.3) is 0 Å². The van der Waals surface area contributed by atoms with Crippen molar-refractivity contribution in [3.8, 4) is 5.75 Å². The van der Waals surface area contributed by atoms with Gasteiger partial charge in [0.05, 0.1) is 6.10 Å². The van der Waals surface area contributed by atoms with E-state index in [0.717, 1.165) is 26.5 Å². The van der Waals surface area contributed by atoms with E-state index in [1.54, 1.807) is 0 Å². The molecule has 0 amide bonds. The van der Waals surface area contributed by atoms with Gasteiger partial charge in [-0.1, -0.05) is 52.9 Å². The Bertz CT molecular complexity index is 837. The fraction of sp³-hybridized carbons (Fsp3) is 0.263. The highest BCUT2D eigenvalue weighted by molar-refractivity contribution is 8.01. The summed E-state index contributed by atoms with van der Waals surface area (Å²) in [5.41, 5.74) is 3.33. The van der Waals surface area contributed by atoms with Gasteiger partial charge in [-0.2, -0.15) is 0 Å². The third kappa shape index (κ3) is 5.72. The van der Waals surface area contributed by atoms with Gasteiger partial charge in [-0.3, -0.25) is 0 Å². The largest absolute Gasteiger partial charge is 0.491 e. The Balaban J connectivity index is 1.44. The molecule has 0 saturated carbocycles. The van der Waals surface area contributed by atoms with Gasteiger partial charge in [0.15, 0.2) is 4.34 Å². The van der Waals surface area contributed by atoms with Crippen LogP contribution in [0.1, 0.15) is 11.1 Å². The molecule has 7 heteroatoms. The molecule has 0 aliphatic rings. The van der Waals surface area contributed by atoms with Crippen LogP contribution in [0.2, 0.25) is 0 Å². The van der Waals surface area contributed by atoms with Crippen molar-refractivity contribution >= 4 is 33.9 Å². The molecule has 1 heterocycles. The monoisotopic (exact) mass is 387 g/mol. The van der Waals surface area contributed by atoms with Gasteiger partial charge in [0, 0.05) is 11.4 Å². The van der Waals surface area contributed by atoms with E-state index in [-0.39, 0.29) is 6.61 Å². The molecule has 0 aliphatic carbocycles. The second kappa shape index (κ2) is 9.02. The molecule has 3 rings (SSSR count). The van der Waals surface area contributed by atoms with E-state index in [1.807, 2.05) is 55.5 Å². The SMILES string of the molecule is Cc1ccc(Nc2nnc(SC[C@@H](O)COc3cccc(C)c3)s2)cc1. The third-order valence-corrected chi connectivity index (χ3v) is 5.66. The number of nitrogens with zero attached hydrogens (tertiary/aromatic N) is 2. The van der Waals surface area contributed by atoms with Crippen LogP contribution in [-0.4, -0.2) is 33.8 Å². The summed E-state index contributed by atoms with van der Waals surface area (Å²) in [5, 5.41) is 22.4. The molecule has 3 aromatic rings. The van der Waals surface area contributed by atoms with Crippen LogP contribution in [-0.2, 0) is 0 Å². The van der Waals surface area contributed by atoms with Gasteiger partial charge < -0.3 is 15.2 Å². The van der Waals surface area contributed by atoms with Crippen molar-refractivity contribution in [1.82, 2.24) is 10.2 Å². The molecule has 0 radical (unpaired) electrons. The van der Waals surface area contributed by atoms with Crippen molar-refractivity contribution in [3.05, 3.63) is 59.7 Å². The van der Waals surface area contributed by atoms with Crippen molar-refractivity contribution in [2.45, 2.75) is 24.3 Å². The maximum atomic E-state index is 10.1. The summed E-state index contributed by atoms with van der Waals surface area (Å²) in [6.07, 6.45) is -0.571. The topological polar surface area (TPSA) is 67.3 Å². The summed E-state index contributed by atoms with van der Waals surface area (Å²) in [4.78, 5) is 0. The zero-order valence-corrected chi connectivity index (χ0v) is 16.3. The van der Waals surface area contributed by atoms with Gasteiger partial charge in [-0.15, -0.1) is 10.2 Å². The smallest absolute Gasteiger partial charge is 0.210 e. The molecule has 26 heavy (non-hydrogen) atoms. The van der Waals surface area contributed by atoms with E-state index in [9.17, 15) is 5.11 Å². The fourth-order valence-electron chi connectivity index (χ4n) is 2.19. The van der Waals surface area contributed by atoms with Crippen LogP contribution in [0, 0.1) is 13.8 Å². The molecule has 0 unspecified atom stereocenters. The Hall–Kier alpha value is -2.09. The van der Waals surface area contributed by atoms with Crippen molar-refractivity contribution in [3.63, 3.8) is 0 Å². The molecule has 0 saturated heterocycles. The molecular formula is C19H21N3O2S2. The first-order chi connectivity index (χ1) is 12.6. The standard InChI is InChI=1S/C19H21N3O2S2/c1-13-6-8-15(9-7-13)20-18-21-22-19(26-18)25-12-16(23)11-24-17-5-3-4-14(2)10-17/h3-10,16,23H,11-12H2,1-2H3,(H,20,21)/t16-/m0/s1. The molecule has 2 N–H and O–H groups in total. The van der Waals surface area contributed by atoms with Crippen molar-refractivity contribution in [2.75, 3.05) is 17.7 Å². The lowest BCUT2D eigenvalue weighted by Gasteiger charge is -2.11. The van der Waals surface area contributed by atoms with Crippen LogP contribution in [0.15, 0.2) is 52.9 Å². The quantitative estimate of drug-likeness (QED) is 0.557. The maximum absolute atomic E-state index is 10.1. The lowest BCUT2D eigenvalue weighted by Crippen LogP contribution is -2.20. The zero-order chi connectivity index (χ0) is 18.4. The summed E-state index contributed by atoms with van der Waals surface area (Å²) in [5.74, 6) is 1.28. The van der Waals surface area contributed by atoms with Crippen LogP contribution >= 0.6 is 23.1 Å². The van der Waals surface area contributed by atoms with Gasteiger partial charge in [0.1, 0.15) is 12.4 Å². The van der Waals surface area contributed by atoms with Crippen LogP contribution in [0.3, 0.4) is 0 Å². The number of aryl methyl sites for hydroxylation is 2. The number of nitrogens with one attached hydrogen (secondary N) is 1. The minimum absolute atomic E-state index is 0.254. The maximum Gasteiger partial charge on any atom is 0.210 e. The van der Waals surface area contributed by atoms with Gasteiger partial charge in [-0.05, 0) is 43.7 Å². The average molecular weight is 388 g/mol. The second-order valence-electron chi connectivity index (χ2n) is 5.96. The molecule has 0 aliphatic heterocycles. The number of aliphatic hydroxyl groups is 1. The number of ether oxygens (including phenoxy) is 1. The first kappa shape index (κ1) is 18.7. The number of thioether (sulfide) groups is 1. The highest BCUT2D eigenvalue weighted by Crippen LogP contribution is 2.28. The van der Waals surface area contributed by atoms with E-state index in [4.69, 9.17) is 4.74 Å².